The first kappa shape index (κ1) is 18.5. The molecule has 2 bridgehead atoms. The molecule has 0 spiro atoms. The number of benzene rings is 1. The number of aromatic nitrogens is 1. The number of piperidine rings is 1. The Morgan fingerprint density at radius 3 is 2.39 bits per heavy atom. The second-order valence-corrected chi connectivity index (χ2v) is 9.00. The number of rotatable bonds is 4. The lowest BCUT2D eigenvalue weighted by molar-refractivity contribution is -0.000571. The Morgan fingerprint density at radius 1 is 1.14 bits per heavy atom. The summed E-state index contributed by atoms with van der Waals surface area (Å²) in [5.74, 6) is 0.453. The maximum absolute atomic E-state index is 13.2. The van der Waals surface area contributed by atoms with Crippen molar-refractivity contribution < 1.29 is 14.1 Å². The lowest BCUT2D eigenvalue weighted by Crippen LogP contribution is -2.43. The molecule has 0 radical (unpaired) electrons. The first-order valence-corrected chi connectivity index (χ1v) is 10.7. The molecule has 3 fully saturated rings. The van der Waals surface area contributed by atoms with Crippen molar-refractivity contribution in [1.82, 2.24) is 10.1 Å². The number of hydrogen-bond donors (Lipinski definition) is 0. The lowest BCUT2D eigenvalue weighted by atomic mass is 10.00. The van der Waals surface area contributed by atoms with Crippen molar-refractivity contribution in [3.8, 4) is 11.3 Å². The number of nitrogens with zero attached hydrogens (tertiary/aromatic N) is 2. The molecule has 5 rings (SSSR count). The van der Waals surface area contributed by atoms with E-state index < -0.39 is 0 Å². The zero-order chi connectivity index (χ0) is 19.4. The minimum atomic E-state index is -0.372. The van der Waals surface area contributed by atoms with Crippen LogP contribution in [-0.4, -0.2) is 41.3 Å². The van der Waals surface area contributed by atoms with E-state index in [4.69, 9.17) is 32.5 Å². The Morgan fingerprint density at radius 2 is 1.79 bits per heavy atom. The van der Waals surface area contributed by atoms with Gasteiger partial charge in [-0.2, -0.15) is 0 Å². The van der Waals surface area contributed by atoms with Gasteiger partial charge in [-0.1, -0.05) is 34.4 Å². The number of fused-ring (bicyclic) bond motifs is 2. The van der Waals surface area contributed by atoms with Gasteiger partial charge in [0.2, 0.25) is 0 Å². The van der Waals surface area contributed by atoms with Crippen LogP contribution in [0.4, 0.5) is 0 Å². The summed E-state index contributed by atoms with van der Waals surface area (Å²) in [6.07, 6.45) is 6.02. The molecule has 5 nitrogen and oxygen atoms in total. The highest BCUT2D eigenvalue weighted by Gasteiger charge is 2.42. The summed E-state index contributed by atoms with van der Waals surface area (Å²) in [5.41, 5.74) is 1.30. The van der Waals surface area contributed by atoms with Crippen LogP contribution in [-0.2, 0) is 4.74 Å². The van der Waals surface area contributed by atoms with Crippen LogP contribution in [0.3, 0.4) is 0 Å². The molecule has 7 heteroatoms. The van der Waals surface area contributed by atoms with Gasteiger partial charge in [-0.15, -0.1) is 0 Å². The molecule has 3 heterocycles. The van der Waals surface area contributed by atoms with Crippen molar-refractivity contribution in [1.29, 1.82) is 0 Å². The third kappa shape index (κ3) is 3.14. The molecule has 2 saturated heterocycles. The van der Waals surface area contributed by atoms with Crippen molar-refractivity contribution in [3.05, 3.63) is 39.6 Å². The van der Waals surface area contributed by atoms with Crippen LogP contribution < -0.4 is 0 Å². The summed E-state index contributed by atoms with van der Waals surface area (Å²) < 4.78 is 11.6. The summed E-state index contributed by atoms with van der Waals surface area (Å²) in [4.78, 5) is 15.7. The number of carbonyl (C=O) groups is 1. The number of carbonyl (C=O) groups excluding carboxylic acids is 1. The summed E-state index contributed by atoms with van der Waals surface area (Å²) in [7, 11) is 2.17. The van der Waals surface area contributed by atoms with Crippen LogP contribution in [0, 0.1) is 0 Å². The van der Waals surface area contributed by atoms with E-state index in [1.165, 1.54) is 12.8 Å². The summed E-state index contributed by atoms with van der Waals surface area (Å²) in [5, 5.41) is 5.06. The number of ether oxygens (including phenoxy) is 1. The predicted molar refractivity (Wildman–Crippen MR) is 107 cm³/mol. The van der Waals surface area contributed by atoms with Gasteiger partial charge in [0.25, 0.3) is 0 Å². The molecule has 0 amide bonds. The largest absolute Gasteiger partial charge is 0.459 e. The lowest BCUT2D eigenvalue weighted by Gasteiger charge is -2.35. The second-order valence-electron chi connectivity index (χ2n) is 8.19. The summed E-state index contributed by atoms with van der Waals surface area (Å²) in [6.45, 7) is 0. The smallest absolute Gasteiger partial charge is 0.344 e. The Kier molecular flexibility index (Phi) is 4.65. The molecule has 1 aromatic carbocycles. The monoisotopic (exact) mass is 420 g/mol. The van der Waals surface area contributed by atoms with E-state index >= 15 is 0 Å². The first-order chi connectivity index (χ1) is 13.5. The summed E-state index contributed by atoms with van der Waals surface area (Å²) >= 11 is 12.8. The average Bonchev–Trinajstić information content (AvgIpc) is 3.38. The minimum Gasteiger partial charge on any atom is -0.459 e. The highest BCUT2D eigenvalue weighted by atomic mass is 35.5. The molecule has 1 saturated carbocycles. The SMILES string of the molecule is CN1[C@@H]2CC[C@H]1C[C@@H](OC(=O)c1c(-c3c(Cl)cccc3Cl)noc1C1CC1)C2. The van der Waals surface area contributed by atoms with Crippen molar-refractivity contribution in [2.24, 2.45) is 0 Å². The van der Waals surface area contributed by atoms with E-state index in [1.54, 1.807) is 18.2 Å². The Balaban J connectivity index is 1.47. The Hall–Kier alpha value is -1.56. The molecule has 3 atom stereocenters. The molecule has 1 aromatic heterocycles. The van der Waals surface area contributed by atoms with E-state index in [0.717, 1.165) is 25.7 Å². The predicted octanol–water partition coefficient (Wildman–Crippen LogP) is 5.31. The van der Waals surface area contributed by atoms with Crippen LogP contribution in [0.5, 0.6) is 0 Å². The molecule has 3 aliphatic rings. The zero-order valence-electron chi connectivity index (χ0n) is 15.7. The Bertz CT molecular complexity index is 890. The van der Waals surface area contributed by atoms with Gasteiger partial charge < -0.3 is 14.2 Å². The van der Waals surface area contributed by atoms with Gasteiger partial charge >= 0.3 is 5.97 Å². The van der Waals surface area contributed by atoms with Crippen molar-refractivity contribution in [3.63, 3.8) is 0 Å². The second kappa shape index (κ2) is 7.05. The third-order valence-corrected chi connectivity index (χ3v) is 7.03. The van der Waals surface area contributed by atoms with Gasteiger partial charge in [0, 0.05) is 36.4 Å². The number of hydrogen-bond acceptors (Lipinski definition) is 5. The fraction of sp³-hybridized carbons (Fsp3) is 0.524. The summed E-state index contributed by atoms with van der Waals surface area (Å²) in [6, 6.07) is 6.23. The molecule has 1 aliphatic carbocycles. The average molecular weight is 421 g/mol. The third-order valence-electron chi connectivity index (χ3n) is 6.40. The molecule has 0 N–H and O–H groups in total. The van der Waals surface area contributed by atoms with E-state index in [-0.39, 0.29) is 18.0 Å². The number of halogens is 2. The molecule has 148 valence electrons. The van der Waals surface area contributed by atoms with Gasteiger partial charge in [0.15, 0.2) is 5.76 Å². The highest BCUT2D eigenvalue weighted by Crippen LogP contribution is 2.46. The van der Waals surface area contributed by atoms with Crippen LogP contribution in [0.15, 0.2) is 22.7 Å². The van der Waals surface area contributed by atoms with Gasteiger partial charge in [0.1, 0.15) is 17.4 Å². The zero-order valence-corrected chi connectivity index (χ0v) is 17.2. The quantitative estimate of drug-likeness (QED) is 0.627. The topological polar surface area (TPSA) is 55.6 Å². The van der Waals surface area contributed by atoms with Gasteiger partial charge in [-0.3, -0.25) is 0 Å². The maximum atomic E-state index is 13.2. The van der Waals surface area contributed by atoms with Crippen LogP contribution >= 0.6 is 23.2 Å². The minimum absolute atomic E-state index is 0.0716. The van der Waals surface area contributed by atoms with Crippen LogP contribution in [0.25, 0.3) is 11.3 Å². The fourth-order valence-corrected chi connectivity index (χ4v) is 5.26. The highest BCUT2D eigenvalue weighted by molar-refractivity contribution is 6.39. The molecule has 28 heavy (non-hydrogen) atoms. The molecule has 2 aliphatic heterocycles. The van der Waals surface area contributed by atoms with E-state index in [2.05, 4.69) is 17.1 Å². The van der Waals surface area contributed by atoms with Crippen LogP contribution in [0.2, 0.25) is 10.0 Å². The van der Waals surface area contributed by atoms with Crippen molar-refractivity contribution >= 4 is 29.2 Å². The fourth-order valence-electron chi connectivity index (χ4n) is 4.69. The standard InChI is InChI=1S/C21H22Cl2N2O3/c1-25-12-7-8-13(25)10-14(9-12)27-21(26)18-19(24-28-20(18)11-5-6-11)17-15(22)3-2-4-16(17)23/h2-4,11-14H,5-10H2,1H3/t12-,13+,14+. The van der Waals surface area contributed by atoms with Gasteiger partial charge in [0.05, 0.1) is 10.0 Å². The van der Waals surface area contributed by atoms with Gasteiger partial charge in [-0.05, 0) is 44.9 Å². The van der Waals surface area contributed by atoms with E-state index in [9.17, 15) is 4.79 Å². The van der Waals surface area contributed by atoms with E-state index in [1.807, 2.05) is 0 Å². The molecule has 2 aromatic rings. The van der Waals surface area contributed by atoms with Crippen LogP contribution in [0.1, 0.15) is 60.6 Å². The number of esters is 1. The maximum Gasteiger partial charge on any atom is 0.344 e. The Labute approximate surface area is 173 Å². The molecular formula is C21H22Cl2N2O3. The van der Waals surface area contributed by atoms with Crippen molar-refractivity contribution in [2.45, 2.75) is 62.6 Å². The van der Waals surface area contributed by atoms with E-state index in [0.29, 0.717) is 44.7 Å². The molecule has 0 unspecified atom stereocenters. The normalized spacial score (nSPS) is 27.2. The van der Waals surface area contributed by atoms with Crippen molar-refractivity contribution in [2.75, 3.05) is 7.05 Å². The first-order valence-electron chi connectivity index (χ1n) is 9.89. The molecular weight excluding hydrogens is 399 g/mol. The van der Waals surface area contributed by atoms with Gasteiger partial charge in [-0.25, -0.2) is 4.79 Å².